The van der Waals surface area contributed by atoms with Crippen molar-refractivity contribution >= 4 is 11.3 Å². The molecule has 0 spiro atoms. The van der Waals surface area contributed by atoms with Crippen LogP contribution >= 0.6 is 11.3 Å². The van der Waals surface area contributed by atoms with E-state index in [1.54, 1.807) is 0 Å². The van der Waals surface area contributed by atoms with Gasteiger partial charge in [-0.25, -0.2) is 4.68 Å². The van der Waals surface area contributed by atoms with Gasteiger partial charge in [0.25, 0.3) is 0 Å². The van der Waals surface area contributed by atoms with Crippen molar-refractivity contribution in [2.75, 3.05) is 6.54 Å². The molecule has 0 radical (unpaired) electrons. The lowest BCUT2D eigenvalue weighted by atomic mass is 10.2. The number of nitrogens with zero attached hydrogens (tertiary/aromatic N) is 4. The van der Waals surface area contributed by atoms with E-state index in [-0.39, 0.29) is 6.04 Å². The van der Waals surface area contributed by atoms with Crippen LogP contribution in [0.15, 0.2) is 12.1 Å². The highest BCUT2D eigenvalue weighted by Crippen LogP contribution is 2.21. The zero-order valence-corrected chi connectivity index (χ0v) is 11.9. The molecule has 0 aliphatic carbocycles. The van der Waals surface area contributed by atoms with E-state index in [4.69, 9.17) is 0 Å². The van der Waals surface area contributed by atoms with Gasteiger partial charge in [0.15, 0.2) is 5.82 Å². The highest BCUT2D eigenvalue weighted by atomic mass is 32.1. The number of hydrogen-bond acceptors (Lipinski definition) is 5. The highest BCUT2D eigenvalue weighted by molar-refractivity contribution is 7.11. The van der Waals surface area contributed by atoms with Gasteiger partial charge in [0.1, 0.15) is 0 Å². The SMILES string of the molecule is CCNCc1nnnn1C(C)Cc1ccc(C)s1. The molecule has 18 heavy (non-hydrogen) atoms. The summed E-state index contributed by atoms with van der Waals surface area (Å²) >= 11 is 1.84. The van der Waals surface area contributed by atoms with E-state index in [0.717, 1.165) is 25.3 Å². The zero-order valence-electron chi connectivity index (χ0n) is 11.1. The Morgan fingerprint density at radius 2 is 2.28 bits per heavy atom. The van der Waals surface area contributed by atoms with Crippen molar-refractivity contribution in [3.63, 3.8) is 0 Å². The van der Waals surface area contributed by atoms with E-state index in [1.165, 1.54) is 9.75 Å². The first-order chi connectivity index (χ1) is 8.70. The number of hydrogen-bond donors (Lipinski definition) is 1. The van der Waals surface area contributed by atoms with Crippen molar-refractivity contribution in [1.82, 2.24) is 25.5 Å². The third kappa shape index (κ3) is 3.14. The van der Waals surface area contributed by atoms with E-state index < -0.39 is 0 Å². The summed E-state index contributed by atoms with van der Waals surface area (Å²) in [5.74, 6) is 0.901. The van der Waals surface area contributed by atoms with Gasteiger partial charge in [-0.3, -0.25) is 0 Å². The maximum absolute atomic E-state index is 4.09. The Labute approximate surface area is 111 Å². The molecule has 2 aromatic rings. The number of nitrogens with one attached hydrogen (secondary N) is 1. The van der Waals surface area contributed by atoms with Crippen molar-refractivity contribution in [3.8, 4) is 0 Å². The normalized spacial score (nSPS) is 12.8. The zero-order chi connectivity index (χ0) is 13.0. The average Bonchev–Trinajstić information content (AvgIpc) is 2.95. The molecule has 2 aromatic heterocycles. The smallest absolute Gasteiger partial charge is 0.165 e. The highest BCUT2D eigenvalue weighted by Gasteiger charge is 2.13. The third-order valence-electron chi connectivity index (χ3n) is 2.80. The predicted molar refractivity (Wildman–Crippen MR) is 72.7 cm³/mol. The van der Waals surface area contributed by atoms with Crippen LogP contribution in [0.25, 0.3) is 0 Å². The summed E-state index contributed by atoms with van der Waals surface area (Å²) in [6.45, 7) is 8.00. The summed E-state index contributed by atoms with van der Waals surface area (Å²) in [7, 11) is 0. The maximum Gasteiger partial charge on any atom is 0.165 e. The van der Waals surface area contributed by atoms with Crippen molar-refractivity contribution in [3.05, 3.63) is 27.7 Å². The lowest BCUT2D eigenvalue weighted by molar-refractivity contribution is 0.452. The first-order valence-corrected chi connectivity index (χ1v) is 7.05. The van der Waals surface area contributed by atoms with Crippen LogP contribution in [0.1, 0.15) is 35.5 Å². The molecule has 6 heteroatoms. The summed E-state index contributed by atoms with van der Waals surface area (Å²) in [5, 5.41) is 15.2. The van der Waals surface area contributed by atoms with Crippen LogP contribution in [0, 0.1) is 6.92 Å². The molecule has 0 amide bonds. The molecule has 0 aliphatic rings. The van der Waals surface area contributed by atoms with Gasteiger partial charge in [0.2, 0.25) is 0 Å². The van der Waals surface area contributed by atoms with Crippen molar-refractivity contribution in [2.24, 2.45) is 0 Å². The molecule has 0 aliphatic heterocycles. The van der Waals surface area contributed by atoms with E-state index in [0.29, 0.717) is 0 Å². The minimum Gasteiger partial charge on any atom is -0.310 e. The average molecular weight is 265 g/mol. The molecular weight excluding hydrogens is 246 g/mol. The Morgan fingerprint density at radius 1 is 1.44 bits per heavy atom. The molecule has 1 atom stereocenters. The molecule has 98 valence electrons. The van der Waals surface area contributed by atoms with E-state index in [2.05, 4.69) is 53.7 Å². The van der Waals surface area contributed by atoms with Crippen LogP contribution in [-0.4, -0.2) is 26.8 Å². The summed E-state index contributed by atoms with van der Waals surface area (Å²) in [4.78, 5) is 2.73. The van der Waals surface area contributed by atoms with Crippen molar-refractivity contribution in [2.45, 2.75) is 39.8 Å². The van der Waals surface area contributed by atoms with Crippen LogP contribution in [0.5, 0.6) is 0 Å². The van der Waals surface area contributed by atoms with Crippen molar-refractivity contribution < 1.29 is 0 Å². The monoisotopic (exact) mass is 265 g/mol. The predicted octanol–water partition coefficient (Wildman–Crippen LogP) is 1.96. The van der Waals surface area contributed by atoms with E-state index >= 15 is 0 Å². The van der Waals surface area contributed by atoms with Crippen LogP contribution in [0.2, 0.25) is 0 Å². The number of aromatic nitrogens is 4. The molecule has 0 aromatic carbocycles. The summed E-state index contributed by atoms with van der Waals surface area (Å²) in [5.41, 5.74) is 0. The number of tetrazole rings is 1. The molecule has 0 saturated heterocycles. The van der Waals surface area contributed by atoms with Crippen LogP contribution in [0.4, 0.5) is 0 Å². The topological polar surface area (TPSA) is 55.6 Å². The van der Waals surface area contributed by atoms with Crippen molar-refractivity contribution in [1.29, 1.82) is 0 Å². The minimum atomic E-state index is 0.284. The maximum atomic E-state index is 4.09. The fraction of sp³-hybridized carbons (Fsp3) is 0.583. The Balaban J connectivity index is 2.04. The first-order valence-electron chi connectivity index (χ1n) is 6.23. The molecule has 5 nitrogen and oxygen atoms in total. The molecule has 2 rings (SSSR count). The lowest BCUT2D eigenvalue weighted by Gasteiger charge is -2.12. The Bertz CT molecular complexity index is 490. The van der Waals surface area contributed by atoms with E-state index in [1.807, 2.05) is 16.0 Å². The third-order valence-corrected chi connectivity index (χ3v) is 3.83. The Morgan fingerprint density at radius 3 is 2.94 bits per heavy atom. The van der Waals surface area contributed by atoms with Crippen LogP contribution in [-0.2, 0) is 13.0 Å². The van der Waals surface area contributed by atoms with Gasteiger partial charge in [-0.2, -0.15) is 0 Å². The van der Waals surface area contributed by atoms with Gasteiger partial charge < -0.3 is 5.32 Å². The largest absolute Gasteiger partial charge is 0.310 e. The van der Waals surface area contributed by atoms with Gasteiger partial charge in [0, 0.05) is 16.2 Å². The van der Waals surface area contributed by atoms with Crippen LogP contribution < -0.4 is 5.32 Å². The summed E-state index contributed by atoms with van der Waals surface area (Å²) < 4.78 is 1.91. The van der Waals surface area contributed by atoms with Gasteiger partial charge in [0.05, 0.1) is 12.6 Å². The molecule has 1 N–H and O–H groups in total. The van der Waals surface area contributed by atoms with Gasteiger partial charge in [-0.15, -0.1) is 16.4 Å². The molecule has 0 bridgehead atoms. The second kappa shape index (κ2) is 6.06. The standard InChI is InChI=1S/C12H19N5S/c1-4-13-8-12-14-15-16-17(12)9(2)7-11-6-5-10(3)18-11/h5-6,9,13H,4,7-8H2,1-3H3. The van der Waals surface area contributed by atoms with Crippen LogP contribution in [0.3, 0.4) is 0 Å². The van der Waals surface area contributed by atoms with Gasteiger partial charge in [-0.1, -0.05) is 6.92 Å². The number of thiophene rings is 1. The fourth-order valence-electron chi connectivity index (χ4n) is 1.88. The molecule has 0 saturated carbocycles. The number of aryl methyl sites for hydroxylation is 1. The lowest BCUT2D eigenvalue weighted by Crippen LogP contribution is -2.19. The second-order valence-electron chi connectivity index (χ2n) is 4.39. The number of rotatable bonds is 6. The summed E-state index contributed by atoms with van der Waals surface area (Å²) in [6.07, 6.45) is 0.975. The molecule has 0 fully saturated rings. The molecule has 2 heterocycles. The Kier molecular flexibility index (Phi) is 4.43. The molecule has 1 unspecified atom stereocenters. The minimum absolute atomic E-state index is 0.284. The quantitative estimate of drug-likeness (QED) is 0.867. The summed E-state index contributed by atoms with van der Waals surface area (Å²) in [6, 6.07) is 4.63. The fourth-order valence-corrected chi connectivity index (χ4v) is 2.89. The first kappa shape index (κ1) is 13.2. The molecular formula is C12H19N5S. The second-order valence-corrected chi connectivity index (χ2v) is 5.76. The Hall–Kier alpha value is -1.27. The van der Waals surface area contributed by atoms with E-state index in [9.17, 15) is 0 Å². The van der Waals surface area contributed by atoms with Gasteiger partial charge in [-0.05, 0) is 43.0 Å². The van der Waals surface area contributed by atoms with Gasteiger partial charge >= 0.3 is 0 Å².